The van der Waals surface area contributed by atoms with Gasteiger partial charge in [0.05, 0.1) is 6.54 Å². The Kier molecular flexibility index (Phi) is 2.90. The van der Waals surface area contributed by atoms with Crippen molar-refractivity contribution in [1.29, 1.82) is 0 Å². The third kappa shape index (κ3) is 2.29. The molecule has 1 aliphatic rings. The quantitative estimate of drug-likeness (QED) is 0.689. The van der Waals surface area contributed by atoms with Crippen LogP contribution < -0.4 is 4.90 Å². The molecule has 1 aliphatic heterocycles. The zero-order valence-electron chi connectivity index (χ0n) is 9.02. The summed E-state index contributed by atoms with van der Waals surface area (Å²) >= 11 is 0. The Bertz CT molecular complexity index is 337. The maximum atomic E-state index is 11.7. The van der Waals surface area contributed by atoms with Crippen LogP contribution in [0.3, 0.4) is 0 Å². The molecule has 0 aromatic heterocycles. The molecule has 0 bridgehead atoms. The highest BCUT2D eigenvalue weighted by Crippen LogP contribution is 2.15. The lowest BCUT2D eigenvalue weighted by molar-refractivity contribution is -0.127. The molecule has 2 rings (SSSR count). The zero-order valence-corrected chi connectivity index (χ0v) is 9.02. The molecule has 0 N–H and O–H groups in total. The summed E-state index contributed by atoms with van der Waals surface area (Å²) < 4.78 is 0. The van der Waals surface area contributed by atoms with E-state index in [1.165, 1.54) is 0 Å². The van der Waals surface area contributed by atoms with E-state index in [-0.39, 0.29) is 5.91 Å². The number of hydrogen-bond donors (Lipinski definition) is 0. The number of benzene rings is 1. The highest BCUT2D eigenvalue weighted by atomic mass is 16.2. The lowest BCUT2D eigenvalue weighted by Crippen LogP contribution is -2.34. The molecule has 1 heterocycles. The minimum Gasteiger partial charge on any atom is -0.362 e. The molecular weight excluding hydrogens is 188 g/mol. The van der Waals surface area contributed by atoms with Crippen molar-refractivity contribution >= 4 is 11.6 Å². The molecule has 1 saturated heterocycles. The van der Waals surface area contributed by atoms with Crippen LogP contribution in [-0.2, 0) is 4.79 Å². The molecule has 1 aromatic carbocycles. The summed E-state index contributed by atoms with van der Waals surface area (Å²) in [5, 5.41) is 0. The third-order valence-corrected chi connectivity index (χ3v) is 2.79. The van der Waals surface area contributed by atoms with Crippen LogP contribution in [0, 0.1) is 0 Å². The van der Waals surface area contributed by atoms with Crippen LogP contribution in [0.2, 0.25) is 0 Å². The molecule has 15 heavy (non-hydrogen) atoms. The van der Waals surface area contributed by atoms with Crippen molar-refractivity contribution in [2.45, 2.75) is 6.42 Å². The van der Waals surface area contributed by atoms with Gasteiger partial charge in [-0.2, -0.15) is 0 Å². The number of anilines is 1. The third-order valence-electron chi connectivity index (χ3n) is 2.79. The molecule has 0 atom stereocenters. The van der Waals surface area contributed by atoms with Gasteiger partial charge in [0.2, 0.25) is 5.91 Å². The first-order chi connectivity index (χ1) is 7.27. The Balaban J connectivity index is 2.13. The number of nitrogens with zero attached hydrogens (tertiary/aromatic N) is 2. The molecule has 3 nitrogen and oxygen atoms in total. The Labute approximate surface area is 90.3 Å². The van der Waals surface area contributed by atoms with E-state index in [1.54, 1.807) is 0 Å². The van der Waals surface area contributed by atoms with Gasteiger partial charge in [-0.15, -0.1) is 0 Å². The Morgan fingerprint density at radius 3 is 2.60 bits per heavy atom. The topological polar surface area (TPSA) is 23.6 Å². The van der Waals surface area contributed by atoms with Crippen molar-refractivity contribution in [2.75, 3.05) is 31.6 Å². The predicted molar refractivity (Wildman–Crippen MR) is 60.9 cm³/mol. The second-order valence-electron chi connectivity index (χ2n) is 3.93. The Morgan fingerprint density at radius 1 is 1.13 bits per heavy atom. The molecule has 1 amide bonds. The van der Waals surface area contributed by atoms with Crippen LogP contribution in [0.15, 0.2) is 30.3 Å². The van der Waals surface area contributed by atoms with Crippen LogP contribution in [0.4, 0.5) is 5.69 Å². The first-order valence-electron chi connectivity index (χ1n) is 5.31. The van der Waals surface area contributed by atoms with Crippen LogP contribution in [-0.4, -0.2) is 37.5 Å². The summed E-state index contributed by atoms with van der Waals surface area (Å²) in [7, 11) is 1.87. The van der Waals surface area contributed by atoms with Crippen molar-refractivity contribution in [2.24, 2.45) is 0 Å². The fraction of sp³-hybridized carbons (Fsp3) is 0.417. The van der Waals surface area contributed by atoms with Crippen LogP contribution in [0.25, 0.3) is 0 Å². The maximum absolute atomic E-state index is 11.7. The van der Waals surface area contributed by atoms with Gasteiger partial charge in [0.25, 0.3) is 0 Å². The van der Waals surface area contributed by atoms with Crippen LogP contribution in [0.1, 0.15) is 6.42 Å². The van der Waals surface area contributed by atoms with Gasteiger partial charge < -0.3 is 9.80 Å². The van der Waals surface area contributed by atoms with E-state index in [4.69, 9.17) is 0 Å². The van der Waals surface area contributed by atoms with E-state index in [1.807, 2.05) is 30.1 Å². The fourth-order valence-corrected chi connectivity index (χ4v) is 1.85. The Morgan fingerprint density at radius 2 is 1.87 bits per heavy atom. The van der Waals surface area contributed by atoms with Gasteiger partial charge >= 0.3 is 0 Å². The molecule has 0 radical (unpaired) electrons. The molecule has 0 unspecified atom stereocenters. The number of likely N-dealkylation sites (N-methyl/N-ethyl adjacent to an activating group) is 1. The molecule has 0 saturated carbocycles. The fourth-order valence-electron chi connectivity index (χ4n) is 1.85. The summed E-state index contributed by atoms with van der Waals surface area (Å²) in [5.41, 5.74) is 1.14. The van der Waals surface area contributed by atoms with Crippen molar-refractivity contribution in [1.82, 2.24) is 4.90 Å². The number of carbonyl (C=O) groups excluding carboxylic acids is 1. The lowest BCUT2D eigenvalue weighted by Gasteiger charge is -2.21. The number of hydrogen-bond acceptors (Lipinski definition) is 2. The number of rotatable bonds is 1. The van der Waals surface area contributed by atoms with Crippen LogP contribution >= 0.6 is 0 Å². The molecule has 0 aliphatic carbocycles. The van der Waals surface area contributed by atoms with E-state index in [9.17, 15) is 4.79 Å². The summed E-state index contributed by atoms with van der Waals surface area (Å²) in [6.07, 6.45) is 1.04. The molecule has 1 aromatic rings. The van der Waals surface area contributed by atoms with E-state index in [0.29, 0.717) is 6.54 Å². The first kappa shape index (κ1) is 10.0. The second kappa shape index (κ2) is 4.34. The van der Waals surface area contributed by atoms with Gasteiger partial charge in [-0.3, -0.25) is 4.79 Å². The van der Waals surface area contributed by atoms with Crippen molar-refractivity contribution in [3.05, 3.63) is 30.3 Å². The molecule has 80 valence electrons. The standard InChI is InChI=1S/C12H16N2O/c1-13-8-5-9-14(10-12(13)15)11-6-3-2-4-7-11/h2-4,6-7H,5,8-10H2,1H3. The molecule has 1 fully saturated rings. The zero-order chi connectivity index (χ0) is 10.7. The van der Waals surface area contributed by atoms with E-state index in [0.717, 1.165) is 25.2 Å². The summed E-state index contributed by atoms with van der Waals surface area (Å²) in [5.74, 6) is 0.205. The monoisotopic (exact) mass is 204 g/mol. The molecule has 0 spiro atoms. The number of amides is 1. The average molecular weight is 204 g/mol. The minimum absolute atomic E-state index is 0.205. The summed E-state index contributed by atoms with van der Waals surface area (Å²) in [6, 6.07) is 10.1. The molecule has 3 heteroatoms. The highest BCUT2D eigenvalue weighted by molar-refractivity contribution is 5.81. The van der Waals surface area contributed by atoms with Gasteiger partial charge in [-0.25, -0.2) is 0 Å². The van der Waals surface area contributed by atoms with E-state index >= 15 is 0 Å². The minimum atomic E-state index is 0.205. The summed E-state index contributed by atoms with van der Waals surface area (Å²) in [4.78, 5) is 15.6. The van der Waals surface area contributed by atoms with Gasteiger partial charge in [0.1, 0.15) is 0 Å². The maximum Gasteiger partial charge on any atom is 0.241 e. The number of carbonyl (C=O) groups is 1. The molecular formula is C12H16N2O. The van der Waals surface area contributed by atoms with Gasteiger partial charge in [-0.1, -0.05) is 18.2 Å². The van der Waals surface area contributed by atoms with Crippen molar-refractivity contribution < 1.29 is 4.79 Å². The normalized spacial score (nSPS) is 17.8. The van der Waals surface area contributed by atoms with Crippen LogP contribution in [0.5, 0.6) is 0 Å². The summed E-state index contributed by atoms with van der Waals surface area (Å²) in [6.45, 7) is 2.32. The van der Waals surface area contributed by atoms with Crippen molar-refractivity contribution in [3.8, 4) is 0 Å². The van der Waals surface area contributed by atoms with Crippen molar-refractivity contribution in [3.63, 3.8) is 0 Å². The average Bonchev–Trinajstić information content (AvgIpc) is 2.43. The predicted octanol–water partition coefficient (Wildman–Crippen LogP) is 1.36. The Hall–Kier alpha value is -1.51. The largest absolute Gasteiger partial charge is 0.362 e. The SMILES string of the molecule is CN1CCCN(c2ccccc2)CC1=O. The van der Waals surface area contributed by atoms with Gasteiger partial charge in [0, 0.05) is 25.8 Å². The highest BCUT2D eigenvalue weighted by Gasteiger charge is 2.18. The smallest absolute Gasteiger partial charge is 0.241 e. The number of para-hydroxylation sites is 1. The second-order valence-corrected chi connectivity index (χ2v) is 3.93. The van der Waals surface area contributed by atoms with E-state index < -0.39 is 0 Å². The van der Waals surface area contributed by atoms with Gasteiger partial charge in [0.15, 0.2) is 0 Å². The van der Waals surface area contributed by atoms with E-state index in [2.05, 4.69) is 17.0 Å². The first-order valence-corrected chi connectivity index (χ1v) is 5.31. The lowest BCUT2D eigenvalue weighted by atomic mass is 10.2. The van der Waals surface area contributed by atoms with Gasteiger partial charge in [-0.05, 0) is 18.6 Å².